The lowest BCUT2D eigenvalue weighted by atomic mass is 10.3. The van der Waals surface area contributed by atoms with Crippen molar-refractivity contribution in [2.75, 3.05) is 26.4 Å². The van der Waals surface area contributed by atoms with Gasteiger partial charge < -0.3 is 4.74 Å². The second-order valence-corrected chi connectivity index (χ2v) is 3.94. The van der Waals surface area contributed by atoms with E-state index in [1.54, 1.807) is 13.0 Å². The first-order chi connectivity index (χ1) is 7.62. The molecule has 0 aliphatic rings. The zero-order valence-electron chi connectivity index (χ0n) is 9.38. The summed E-state index contributed by atoms with van der Waals surface area (Å²) in [6, 6.07) is 0. The minimum absolute atomic E-state index is 0.0911. The summed E-state index contributed by atoms with van der Waals surface area (Å²) < 4.78 is 35.4. The van der Waals surface area contributed by atoms with Gasteiger partial charge in [0, 0.05) is 6.61 Å². The van der Waals surface area contributed by atoms with E-state index >= 15 is 0 Å². The predicted molar refractivity (Wildman–Crippen MR) is 57.8 cm³/mol. The van der Waals surface area contributed by atoms with E-state index in [9.17, 15) is 8.42 Å². The third-order valence-corrected chi connectivity index (χ3v) is 2.15. The fourth-order valence-corrected chi connectivity index (χ4v) is 1.24. The van der Waals surface area contributed by atoms with Gasteiger partial charge in [-0.05, 0) is 19.8 Å². The smallest absolute Gasteiger partial charge is 0.379 e. The third-order valence-electron chi connectivity index (χ3n) is 1.43. The fourth-order valence-electron chi connectivity index (χ4n) is 0.739. The molecule has 0 rings (SSSR count). The Bertz CT molecular complexity index is 261. The molecule has 0 aliphatic heterocycles. The summed E-state index contributed by atoms with van der Waals surface area (Å²) in [6.45, 7) is 6.08. The van der Waals surface area contributed by atoms with Crippen LogP contribution in [0.4, 0.5) is 0 Å². The van der Waals surface area contributed by atoms with E-state index in [1.165, 1.54) is 0 Å². The molecule has 0 fully saturated rings. The van der Waals surface area contributed by atoms with E-state index in [-0.39, 0.29) is 19.8 Å². The zero-order chi connectivity index (χ0) is 12.3. The molecule has 0 N–H and O–H groups in total. The van der Waals surface area contributed by atoms with Crippen molar-refractivity contribution in [3.63, 3.8) is 0 Å². The van der Waals surface area contributed by atoms with Gasteiger partial charge in [-0.25, -0.2) is 9.07 Å². The van der Waals surface area contributed by atoms with E-state index in [0.717, 1.165) is 6.42 Å². The fraction of sp³-hybridized carbons (Fsp3) is 0.778. The summed E-state index contributed by atoms with van der Waals surface area (Å²) in [5.41, 5.74) is 0. The number of unbranched alkanes of at least 4 members (excludes halogenated alkanes) is 1. The number of hydrogen-bond donors (Lipinski definition) is 0. The van der Waals surface area contributed by atoms with Gasteiger partial charge in [0.05, 0.1) is 19.8 Å². The molecule has 0 saturated carbocycles. The highest BCUT2D eigenvalue weighted by atomic mass is 32.3. The highest BCUT2D eigenvalue weighted by molar-refractivity contribution is 7.81. The van der Waals surface area contributed by atoms with Crippen LogP contribution in [-0.4, -0.2) is 34.8 Å². The zero-order valence-corrected chi connectivity index (χ0v) is 10.2. The van der Waals surface area contributed by atoms with Crippen molar-refractivity contribution in [2.24, 2.45) is 0 Å². The molecule has 6 nitrogen and oxygen atoms in total. The molecule has 0 radical (unpaired) electrons. The predicted octanol–water partition coefficient (Wildman–Crippen LogP) is 1.20. The maximum Gasteiger partial charge on any atom is 0.426 e. The molecule has 0 spiro atoms. The van der Waals surface area contributed by atoms with Crippen molar-refractivity contribution in [1.82, 2.24) is 0 Å². The van der Waals surface area contributed by atoms with Crippen molar-refractivity contribution < 1.29 is 26.6 Å². The first kappa shape index (κ1) is 15.5. The molecule has 0 amide bonds. The molecule has 0 aliphatic carbocycles. The molecule has 16 heavy (non-hydrogen) atoms. The highest BCUT2D eigenvalue weighted by Crippen LogP contribution is 1.99. The van der Waals surface area contributed by atoms with Crippen LogP contribution in [0.25, 0.3) is 0 Å². The Balaban J connectivity index is 3.50. The van der Waals surface area contributed by atoms with Crippen molar-refractivity contribution in [2.45, 2.75) is 19.8 Å². The minimum atomic E-state index is -4.08. The van der Waals surface area contributed by atoms with E-state index in [1.807, 2.05) is 0 Å². The van der Waals surface area contributed by atoms with Crippen LogP contribution >= 0.6 is 0 Å². The Kier molecular flexibility index (Phi) is 9.45. The van der Waals surface area contributed by atoms with Crippen LogP contribution in [0.2, 0.25) is 0 Å². The molecule has 7 heteroatoms. The number of rotatable bonds is 11. The number of ether oxygens (including phenoxy) is 1. The van der Waals surface area contributed by atoms with Gasteiger partial charge in [0.1, 0.15) is 0 Å². The first-order valence-corrected chi connectivity index (χ1v) is 6.34. The van der Waals surface area contributed by atoms with Crippen LogP contribution < -0.4 is 0 Å². The third kappa shape index (κ3) is 10.1. The van der Waals surface area contributed by atoms with Gasteiger partial charge in [0.2, 0.25) is 0 Å². The van der Waals surface area contributed by atoms with E-state index in [2.05, 4.69) is 20.0 Å². The second-order valence-electron chi connectivity index (χ2n) is 2.75. The van der Waals surface area contributed by atoms with Crippen LogP contribution in [0.1, 0.15) is 19.8 Å². The standard InChI is InChI=1S/C9H18O6S/c1-3-5-6-7-13-15-16(10,11)14-9-8-12-4-2/h3H,1,4-9H2,2H3. The lowest BCUT2D eigenvalue weighted by Crippen LogP contribution is -2.14. The summed E-state index contributed by atoms with van der Waals surface area (Å²) in [5, 5.41) is 0. The summed E-state index contributed by atoms with van der Waals surface area (Å²) in [6.07, 6.45) is 3.07. The lowest BCUT2D eigenvalue weighted by Gasteiger charge is -2.04. The Labute approximate surface area is 96.4 Å². The van der Waals surface area contributed by atoms with Gasteiger partial charge in [-0.3, -0.25) is 0 Å². The average molecular weight is 254 g/mol. The maximum absolute atomic E-state index is 11.0. The average Bonchev–Trinajstić information content (AvgIpc) is 2.24. The summed E-state index contributed by atoms with van der Waals surface area (Å²) >= 11 is 0. The highest BCUT2D eigenvalue weighted by Gasteiger charge is 2.12. The van der Waals surface area contributed by atoms with Crippen LogP contribution in [0.3, 0.4) is 0 Å². The molecule has 0 bridgehead atoms. The van der Waals surface area contributed by atoms with Gasteiger partial charge in [-0.1, -0.05) is 10.4 Å². The Morgan fingerprint density at radius 1 is 1.25 bits per heavy atom. The van der Waals surface area contributed by atoms with E-state index in [4.69, 9.17) is 4.74 Å². The second kappa shape index (κ2) is 9.73. The maximum atomic E-state index is 11.0. The van der Waals surface area contributed by atoms with Crippen LogP contribution in [-0.2, 0) is 28.5 Å². The topological polar surface area (TPSA) is 71.1 Å². The minimum Gasteiger partial charge on any atom is -0.379 e. The monoisotopic (exact) mass is 254 g/mol. The molecular formula is C9H18O6S. The van der Waals surface area contributed by atoms with Crippen molar-refractivity contribution in [3.8, 4) is 0 Å². The first-order valence-electron chi connectivity index (χ1n) is 5.01. The lowest BCUT2D eigenvalue weighted by molar-refractivity contribution is -0.210. The van der Waals surface area contributed by atoms with Gasteiger partial charge in [0.25, 0.3) is 0 Å². The van der Waals surface area contributed by atoms with Crippen molar-refractivity contribution >= 4 is 10.4 Å². The Morgan fingerprint density at radius 2 is 2.00 bits per heavy atom. The number of hydrogen-bond acceptors (Lipinski definition) is 6. The molecule has 0 aromatic carbocycles. The Hall–Kier alpha value is -0.470. The van der Waals surface area contributed by atoms with Crippen LogP contribution in [0, 0.1) is 0 Å². The van der Waals surface area contributed by atoms with Crippen molar-refractivity contribution in [1.29, 1.82) is 0 Å². The van der Waals surface area contributed by atoms with Gasteiger partial charge in [0.15, 0.2) is 0 Å². The largest absolute Gasteiger partial charge is 0.426 e. The molecule has 0 aromatic heterocycles. The van der Waals surface area contributed by atoms with Gasteiger partial charge in [-0.15, -0.1) is 6.58 Å². The Morgan fingerprint density at radius 3 is 2.62 bits per heavy atom. The summed E-state index contributed by atoms with van der Waals surface area (Å²) in [5.74, 6) is 0. The molecule has 0 aromatic rings. The molecule has 96 valence electrons. The van der Waals surface area contributed by atoms with E-state index in [0.29, 0.717) is 13.0 Å². The normalized spacial score (nSPS) is 11.6. The van der Waals surface area contributed by atoms with Crippen molar-refractivity contribution in [3.05, 3.63) is 12.7 Å². The van der Waals surface area contributed by atoms with Crippen LogP contribution in [0.5, 0.6) is 0 Å². The van der Waals surface area contributed by atoms with Crippen LogP contribution in [0.15, 0.2) is 12.7 Å². The van der Waals surface area contributed by atoms with Gasteiger partial charge in [-0.2, -0.15) is 8.42 Å². The quantitative estimate of drug-likeness (QED) is 0.239. The summed E-state index contributed by atoms with van der Waals surface area (Å²) in [7, 11) is -4.08. The molecule has 0 atom stereocenters. The van der Waals surface area contributed by atoms with E-state index < -0.39 is 10.4 Å². The molecule has 0 unspecified atom stereocenters. The van der Waals surface area contributed by atoms with Gasteiger partial charge >= 0.3 is 10.4 Å². The molecule has 0 saturated heterocycles. The molecule has 0 heterocycles. The number of allylic oxidation sites excluding steroid dienone is 1. The molecular weight excluding hydrogens is 236 g/mol. The SMILES string of the molecule is C=CCCCOOS(=O)(=O)OCCOCC. The summed E-state index contributed by atoms with van der Waals surface area (Å²) in [4.78, 5) is 4.46.